The van der Waals surface area contributed by atoms with Crippen LogP contribution in [0.25, 0.3) is 0 Å². The molecule has 1 aromatic rings. The van der Waals surface area contributed by atoms with E-state index in [0.717, 1.165) is 6.07 Å². The van der Waals surface area contributed by atoms with Gasteiger partial charge < -0.3 is 14.4 Å². The number of carbonyl (C=O) groups is 1. The summed E-state index contributed by atoms with van der Waals surface area (Å²) in [5.41, 5.74) is -0.854. The largest absolute Gasteiger partial charge is 0.419 e. The molecule has 1 heterocycles. The molecular weight excluding hydrogens is 310 g/mol. The molecule has 10 nitrogen and oxygen atoms in total. The van der Waals surface area contributed by atoms with Gasteiger partial charge in [0.25, 0.3) is 5.69 Å². The topological polar surface area (TPSA) is 125 Å². The maximum Gasteiger partial charge on any atom is 0.318 e. The summed E-state index contributed by atoms with van der Waals surface area (Å²) in [5.74, 6) is -0.955. The fourth-order valence-corrected chi connectivity index (χ4v) is 2.17. The zero-order valence-corrected chi connectivity index (χ0v) is 12.4. The maximum absolute atomic E-state index is 11.5. The van der Waals surface area contributed by atoms with Gasteiger partial charge in [0.2, 0.25) is 5.75 Å². The predicted octanol–water partition coefficient (Wildman–Crippen LogP) is 1.65. The third-order valence-corrected chi connectivity index (χ3v) is 3.31. The van der Waals surface area contributed by atoms with E-state index in [1.807, 2.05) is 0 Å². The van der Waals surface area contributed by atoms with Gasteiger partial charge in [-0.2, -0.15) is 0 Å². The minimum absolute atomic E-state index is 0.0288. The number of nitro benzene ring substituents is 2. The summed E-state index contributed by atoms with van der Waals surface area (Å²) in [6.07, 6.45) is 0.0288. The summed E-state index contributed by atoms with van der Waals surface area (Å²) in [6.45, 7) is 3.12. The molecule has 0 aliphatic carbocycles. The Morgan fingerprint density at radius 1 is 1.22 bits per heavy atom. The number of nitro groups is 2. The normalized spacial score (nSPS) is 14.4. The fourth-order valence-electron chi connectivity index (χ4n) is 2.17. The van der Waals surface area contributed by atoms with Crippen LogP contribution < -0.4 is 9.64 Å². The Bertz CT molecular complexity index is 641. The van der Waals surface area contributed by atoms with Crippen LogP contribution in [0.15, 0.2) is 12.1 Å². The first-order valence-electron chi connectivity index (χ1n) is 6.94. The van der Waals surface area contributed by atoms with Gasteiger partial charge in [-0.15, -0.1) is 0 Å². The Kier molecular flexibility index (Phi) is 5.06. The number of benzene rings is 1. The SMILES string of the molecule is CCC(=O)Oc1cc(N2CCOCC2)c([N+](=O)[O-])cc1[N+](=O)[O-]. The summed E-state index contributed by atoms with van der Waals surface area (Å²) in [6, 6.07) is 2.00. The van der Waals surface area contributed by atoms with Crippen molar-refractivity contribution in [2.45, 2.75) is 13.3 Å². The molecule has 0 unspecified atom stereocenters. The molecule has 2 rings (SSSR count). The number of ether oxygens (including phenoxy) is 2. The van der Waals surface area contributed by atoms with Crippen molar-refractivity contribution in [3.05, 3.63) is 32.4 Å². The van der Waals surface area contributed by atoms with Crippen molar-refractivity contribution in [2.75, 3.05) is 31.2 Å². The highest BCUT2D eigenvalue weighted by Gasteiger charge is 2.30. The average Bonchev–Trinajstić information content (AvgIpc) is 2.54. The molecule has 1 aliphatic heterocycles. The van der Waals surface area contributed by atoms with Crippen LogP contribution in [0, 0.1) is 20.2 Å². The molecule has 0 atom stereocenters. The number of nitrogens with zero attached hydrogens (tertiary/aromatic N) is 3. The lowest BCUT2D eigenvalue weighted by molar-refractivity contribution is -0.394. The van der Waals surface area contributed by atoms with Crippen molar-refractivity contribution in [1.29, 1.82) is 0 Å². The molecule has 1 fully saturated rings. The van der Waals surface area contributed by atoms with Crippen LogP contribution in [0.1, 0.15) is 13.3 Å². The summed E-state index contributed by atoms with van der Waals surface area (Å²) in [5, 5.41) is 22.4. The van der Waals surface area contributed by atoms with E-state index in [0.29, 0.717) is 26.3 Å². The predicted molar refractivity (Wildman–Crippen MR) is 78.7 cm³/mol. The molecule has 0 bridgehead atoms. The zero-order chi connectivity index (χ0) is 17.0. The lowest BCUT2D eigenvalue weighted by Gasteiger charge is -2.28. The fraction of sp³-hybridized carbons (Fsp3) is 0.462. The van der Waals surface area contributed by atoms with Crippen molar-refractivity contribution in [3.63, 3.8) is 0 Å². The molecule has 0 spiro atoms. The van der Waals surface area contributed by atoms with Crippen LogP contribution >= 0.6 is 0 Å². The molecular formula is C13H15N3O7. The Morgan fingerprint density at radius 2 is 1.83 bits per heavy atom. The van der Waals surface area contributed by atoms with E-state index in [1.165, 1.54) is 6.07 Å². The van der Waals surface area contributed by atoms with Crippen LogP contribution in [0.2, 0.25) is 0 Å². The Labute approximate surface area is 130 Å². The first kappa shape index (κ1) is 16.6. The van der Waals surface area contributed by atoms with E-state index in [4.69, 9.17) is 9.47 Å². The van der Waals surface area contributed by atoms with Crippen LogP contribution in [-0.4, -0.2) is 42.1 Å². The second-order valence-electron chi connectivity index (χ2n) is 4.75. The van der Waals surface area contributed by atoms with Crippen LogP contribution in [0.5, 0.6) is 5.75 Å². The van der Waals surface area contributed by atoms with Gasteiger partial charge >= 0.3 is 11.7 Å². The summed E-state index contributed by atoms with van der Waals surface area (Å²) < 4.78 is 10.2. The van der Waals surface area contributed by atoms with Crippen molar-refractivity contribution in [2.24, 2.45) is 0 Å². The van der Waals surface area contributed by atoms with Crippen molar-refractivity contribution in [1.82, 2.24) is 0 Å². The number of hydrogen-bond acceptors (Lipinski definition) is 8. The van der Waals surface area contributed by atoms with Gasteiger partial charge in [0.05, 0.1) is 29.1 Å². The van der Waals surface area contributed by atoms with Gasteiger partial charge in [-0.3, -0.25) is 25.0 Å². The third kappa shape index (κ3) is 3.72. The molecule has 10 heteroatoms. The van der Waals surface area contributed by atoms with Crippen LogP contribution in [0.3, 0.4) is 0 Å². The number of carbonyl (C=O) groups excluding carboxylic acids is 1. The van der Waals surface area contributed by atoms with E-state index in [-0.39, 0.29) is 17.9 Å². The zero-order valence-electron chi connectivity index (χ0n) is 12.4. The van der Waals surface area contributed by atoms with E-state index in [9.17, 15) is 25.0 Å². The van der Waals surface area contributed by atoms with Crippen LogP contribution in [-0.2, 0) is 9.53 Å². The first-order valence-corrected chi connectivity index (χ1v) is 6.94. The highest BCUT2D eigenvalue weighted by atomic mass is 16.6. The molecule has 1 saturated heterocycles. The standard InChI is InChI=1S/C13H15N3O7/c1-2-13(17)23-12-8-9(14-3-5-22-6-4-14)10(15(18)19)7-11(12)16(20)21/h7-8H,2-6H2,1H3. The van der Waals surface area contributed by atoms with Gasteiger partial charge in [0, 0.05) is 25.6 Å². The van der Waals surface area contributed by atoms with Crippen molar-refractivity contribution >= 4 is 23.0 Å². The Morgan fingerprint density at radius 3 is 2.35 bits per heavy atom. The quantitative estimate of drug-likeness (QED) is 0.346. The van der Waals surface area contributed by atoms with Gasteiger partial charge in [-0.1, -0.05) is 6.92 Å². The van der Waals surface area contributed by atoms with E-state index in [2.05, 4.69) is 0 Å². The van der Waals surface area contributed by atoms with Gasteiger partial charge in [0.1, 0.15) is 5.69 Å². The Hall–Kier alpha value is -2.75. The molecule has 0 amide bonds. The summed E-state index contributed by atoms with van der Waals surface area (Å²) >= 11 is 0. The Balaban J connectivity index is 2.53. The molecule has 1 aromatic carbocycles. The van der Waals surface area contributed by atoms with Crippen molar-refractivity contribution in [3.8, 4) is 5.75 Å². The minimum Gasteiger partial charge on any atom is -0.419 e. The number of esters is 1. The maximum atomic E-state index is 11.5. The smallest absolute Gasteiger partial charge is 0.318 e. The molecule has 0 N–H and O–H groups in total. The monoisotopic (exact) mass is 325 g/mol. The second kappa shape index (κ2) is 7.01. The molecule has 0 saturated carbocycles. The van der Waals surface area contributed by atoms with Crippen LogP contribution in [0.4, 0.5) is 17.1 Å². The van der Waals surface area contributed by atoms with E-state index >= 15 is 0 Å². The van der Waals surface area contributed by atoms with Gasteiger partial charge in [-0.25, -0.2) is 0 Å². The minimum atomic E-state index is -0.811. The van der Waals surface area contributed by atoms with Gasteiger partial charge in [-0.05, 0) is 0 Å². The molecule has 0 aromatic heterocycles. The highest BCUT2D eigenvalue weighted by Crippen LogP contribution is 2.39. The highest BCUT2D eigenvalue weighted by molar-refractivity contribution is 5.77. The average molecular weight is 325 g/mol. The molecule has 23 heavy (non-hydrogen) atoms. The summed E-state index contributed by atoms with van der Waals surface area (Å²) in [4.78, 5) is 34.0. The lowest BCUT2D eigenvalue weighted by atomic mass is 10.2. The van der Waals surface area contributed by atoms with Crippen molar-refractivity contribution < 1.29 is 24.1 Å². The number of anilines is 1. The molecule has 124 valence electrons. The molecule has 0 radical (unpaired) electrons. The second-order valence-corrected chi connectivity index (χ2v) is 4.75. The number of hydrogen-bond donors (Lipinski definition) is 0. The third-order valence-electron chi connectivity index (χ3n) is 3.31. The van der Waals surface area contributed by atoms with E-state index < -0.39 is 27.2 Å². The summed E-state index contributed by atoms with van der Waals surface area (Å²) in [7, 11) is 0. The van der Waals surface area contributed by atoms with E-state index in [1.54, 1.807) is 11.8 Å². The lowest BCUT2D eigenvalue weighted by Crippen LogP contribution is -2.36. The number of rotatable bonds is 5. The molecule has 1 aliphatic rings. The van der Waals surface area contributed by atoms with Gasteiger partial charge in [0.15, 0.2) is 0 Å². The number of morpholine rings is 1. The first-order chi connectivity index (χ1) is 10.9.